The van der Waals surface area contributed by atoms with Crippen LogP contribution in [0.2, 0.25) is 0 Å². The van der Waals surface area contributed by atoms with Gasteiger partial charge in [0.15, 0.2) is 0 Å². The van der Waals surface area contributed by atoms with E-state index in [0.29, 0.717) is 6.04 Å². The Balaban J connectivity index is 1.96. The Hall–Kier alpha value is -0.380. The lowest BCUT2D eigenvalue weighted by atomic mass is 9.88. The number of likely N-dealkylation sites (tertiary alicyclic amines) is 1. The standard InChI is InChI=1S/C17H30N2S/c1-17(2,19-11-6-4-5-7-12-19)16(18-3)9-8-15-10-13-20-14-15/h10,13-14,16,18H,4-9,11-12H2,1-3H3. The van der Waals surface area contributed by atoms with Crippen molar-refractivity contribution < 1.29 is 0 Å². The normalized spacial score (nSPS) is 19.8. The molecule has 1 aromatic heterocycles. The lowest BCUT2D eigenvalue weighted by Gasteiger charge is -2.44. The van der Waals surface area contributed by atoms with Crippen LogP contribution in [0.1, 0.15) is 51.5 Å². The molecule has 1 aromatic rings. The van der Waals surface area contributed by atoms with Crippen LogP contribution < -0.4 is 5.32 Å². The van der Waals surface area contributed by atoms with Crippen LogP contribution in [0.5, 0.6) is 0 Å². The van der Waals surface area contributed by atoms with Crippen molar-refractivity contribution in [3.63, 3.8) is 0 Å². The van der Waals surface area contributed by atoms with Gasteiger partial charge in [-0.1, -0.05) is 12.8 Å². The highest BCUT2D eigenvalue weighted by molar-refractivity contribution is 7.07. The van der Waals surface area contributed by atoms with Gasteiger partial charge in [0.1, 0.15) is 0 Å². The maximum absolute atomic E-state index is 3.58. The van der Waals surface area contributed by atoms with E-state index in [1.165, 1.54) is 57.2 Å². The summed E-state index contributed by atoms with van der Waals surface area (Å²) in [5.74, 6) is 0. The molecule has 2 heterocycles. The highest BCUT2D eigenvalue weighted by Crippen LogP contribution is 2.26. The third-order valence-electron chi connectivity index (χ3n) is 4.92. The molecule has 1 aliphatic heterocycles. The third kappa shape index (κ3) is 4.06. The molecule has 0 saturated carbocycles. The van der Waals surface area contributed by atoms with Crippen LogP contribution in [0.25, 0.3) is 0 Å². The van der Waals surface area contributed by atoms with E-state index in [-0.39, 0.29) is 5.54 Å². The summed E-state index contributed by atoms with van der Waals surface area (Å²) in [5, 5.41) is 8.05. The van der Waals surface area contributed by atoms with Gasteiger partial charge in [-0.05, 0) is 82.1 Å². The third-order valence-corrected chi connectivity index (χ3v) is 5.66. The molecule has 0 spiro atoms. The molecule has 0 bridgehead atoms. The molecule has 0 aliphatic carbocycles. The minimum atomic E-state index is 0.245. The van der Waals surface area contributed by atoms with Crippen molar-refractivity contribution >= 4 is 11.3 Å². The van der Waals surface area contributed by atoms with Gasteiger partial charge >= 0.3 is 0 Å². The molecule has 2 nitrogen and oxygen atoms in total. The fourth-order valence-electron chi connectivity index (χ4n) is 3.46. The Kier molecular flexibility index (Phi) is 6.06. The number of nitrogens with one attached hydrogen (secondary N) is 1. The minimum Gasteiger partial charge on any atom is -0.315 e. The number of nitrogens with zero attached hydrogens (tertiary/aromatic N) is 1. The highest BCUT2D eigenvalue weighted by Gasteiger charge is 2.34. The second-order valence-corrected chi connectivity index (χ2v) is 7.35. The zero-order chi connectivity index (χ0) is 14.4. The van der Waals surface area contributed by atoms with Crippen molar-refractivity contribution in [2.45, 2.75) is 64.0 Å². The Labute approximate surface area is 128 Å². The summed E-state index contributed by atoms with van der Waals surface area (Å²) in [7, 11) is 2.12. The predicted molar refractivity (Wildman–Crippen MR) is 89.6 cm³/mol. The van der Waals surface area contributed by atoms with Gasteiger partial charge in [-0.15, -0.1) is 0 Å². The van der Waals surface area contributed by atoms with Crippen LogP contribution in [-0.4, -0.2) is 36.6 Å². The first kappa shape index (κ1) is 16.0. The average molecular weight is 295 g/mol. The van der Waals surface area contributed by atoms with E-state index in [0.717, 1.165) is 0 Å². The van der Waals surface area contributed by atoms with Crippen LogP contribution in [-0.2, 0) is 6.42 Å². The summed E-state index contributed by atoms with van der Waals surface area (Å²) in [6, 6.07) is 2.82. The summed E-state index contributed by atoms with van der Waals surface area (Å²) in [5.41, 5.74) is 1.73. The molecule has 1 atom stereocenters. The van der Waals surface area contributed by atoms with Gasteiger partial charge in [0.05, 0.1) is 0 Å². The van der Waals surface area contributed by atoms with Crippen LogP contribution in [0, 0.1) is 0 Å². The Bertz CT molecular complexity index is 364. The van der Waals surface area contributed by atoms with E-state index in [1.54, 1.807) is 11.3 Å². The zero-order valence-corrected chi connectivity index (χ0v) is 14.1. The molecule has 1 aliphatic rings. The monoisotopic (exact) mass is 294 g/mol. The van der Waals surface area contributed by atoms with Gasteiger partial charge in [-0.3, -0.25) is 4.90 Å². The number of hydrogen-bond acceptors (Lipinski definition) is 3. The van der Waals surface area contributed by atoms with Crippen molar-refractivity contribution in [2.75, 3.05) is 20.1 Å². The fourth-order valence-corrected chi connectivity index (χ4v) is 4.17. The Morgan fingerprint density at radius 2 is 1.95 bits per heavy atom. The molecule has 1 saturated heterocycles. The van der Waals surface area contributed by atoms with Gasteiger partial charge in [-0.25, -0.2) is 0 Å². The highest BCUT2D eigenvalue weighted by atomic mass is 32.1. The minimum absolute atomic E-state index is 0.245. The fraction of sp³-hybridized carbons (Fsp3) is 0.765. The quantitative estimate of drug-likeness (QED) is 0.855. The molecule has 0 aromatic carbocycles. The maximum Gasteiger partial charge on any atom is 0.0306 e. The summed E-state index contributed by atoms with van der Waals surface area (Å²) >= 11 is 1.81. The van der Waals surface area contributed by atoms with E-state index in [4.69, 9.17) is 0 Å². The molecular formula is C17H30N2S. The van der Waals surface area contributed by atoms with E-state index in [2.05, 4.69) is 47.9 Å². The second-order valence-electron chi connectivity index (χ2n) is 6.57. The number of thiophene rings is 1. The van der Waals surface area contributed by atoms with E-state index < -0.39 is 0 Å². The molecule has 114 valence electrons. The van der Waals surface area contributed by atoms with Gasteiger partial charge in [-0.2, -0.15) is 11.3 Å². The topological polar surface area (TPSA) is 15.3 Å². The van der Waals surface area contributed by atoms with Crippen molar-refractivity contribution in [1.82, 2.24) is 10.2 Å². The number of aryl methyl sites for hydroxylation is 1. The van der Waals surface area contributed by atoms with Crippen molar-refractivity contribution in [3.8, 4) is 0 Å². The molecule has 20 heavy (non-hydrogen) atoms. The van der Waals surface area contributed by atoms with E-state index in [1.807, 2.05) is 0 Å². The molecule has 1 N–H and O–H groups in total. The number of rotatable bonds is 6. The molecule has 3 heteroatoms. The maximum atomic E-state index is 3.58. The summed E-state index contributed by atoms with van der Waals surface area (Å²) in [4.78, 5) is 2.72. The molecule has 0 amide bonds. The Morgan fingerprint density at radius 1 is 1.25 bits per heavy atom. The van der Waals surface area contributed by atoms with Crippen LogP contribution in [0.3, 0.4) is 0 Å². The van der Waals surface area contributed by atoms with Gasteiger partial charge < -0.3 is 5.32 Å². The average Bonchev–Trinajstić information content (AvgIpc) is 2.78. The molecule has 2 rings (SSSR count). The van der Waals surface area contributed by atoms with Crippen molar-refractivity contribution in [1.29, 1.82) is 0 Å². The largest absolute Gasteiger partial charge is 0.315 e. The van der Waals surface area contributed by atoms with Crippen LogP contribution in [0.4, 0.5) is 0 Å². The van der Waals surface area contributed by atoms with Crippen LogP contribution >= 0.6 is 11.3 Å². The first-order chi connectivity index (χ1) is 9.64. The summed E-state index contributed by atoms with van der Waals surface area (Å²) < 4.78 is 0. The Morgan fingerprint density at radius 3 is 2.50 bits per heavy atom. The SMILES string of the molecule is CNC(CCc1ccsc1)C(C)(C)N1CCCCCC1. The second kappa shape index (κ2) is 7.58. The molecule has 1 unspecified atom stereocenters. The van der Waals surface area contributed by atoms with Gasteiger partial charge in [0, 0.05) is 11.6 Å². The van der Waals surface area contributed by atoms with Gasteiger partial charge in [0.25, 0.3) is 0 Å². The van der Waals surface area contributed by atoms with Crippen molar-refractivity contribution in [2.24, 2.45) is 0 Å². The molecular weight excluding hydrogens is 264 g/mol. The van der Waals surface area contributed by atoms with Crippen LogP contribution in [0.15, 0.2) is 16.8 Å². The summed E-state index contributed by atoms with van der Waals surface area (Å²) in [6.45, 7) is 7.38. The zero-order valence-electron chi connectivity index (χ0n) is 13.3. The number of likely N-dealkylation sites (N-methyl/N-ethyl adjacent to an activating group) is 1. The summed E-state index contributed by atoms with van der Waals surface area (Å²) in [6.07, 6.45) is 7.95. The first-order valence-corrected chi connectivity index (χ1v) is 9.02. The number of hydrogen-bond donors (Lipinski definition) is 1. The smallest absolute Gasteiger partial charge is 0.0306 e. The van der Waals surface area contributed by atoms with Crippen molar-refractivity contribution in [3.05, 3.63) is 22.4 Å². The lowest BCUT2D eigenvalue weighted by Crippen LogP contribution is -2.57. The first-order valence-electron chi connectivity index (χ1n) is 8.08. The lowest BCUT2D eigenvalue weighted by molar-refractivity contribution is 0.0832. The van der Waals surface area contributed by atoms with E-state index in [9.17, 15) is 0 Å². The molecule has 1 fully saturated rings. The van der Waals surface area contributed by atoms with Gasteiger partial charge in [0.2, 0.25) is 0 Å². The predicted octanol–water partition coefficient (Wildman–Crippen LogP) is 3.92. The molecule has 0 radical (unpaired) electrons. The van der Waals surface area contributed by atoms with E-state index >= 15 is 0 Å².